The van der Waals surface area contributed by atoms with E-state index in [1.54, 1.807) is 12.4 Å². The Balaban J connectivity index is 1.78. The highest BCUT2D eigenvalue weighted by Gasteiger charge is 2.27. The topological polar surface area (TPSA) is 83.9 Å². The van der Waals surface area contributed by atoms with E-state index >= 15 is 0 Å². The summed E-state index contributed by atoms with van der Waals surface area (Å²) in [6.45, 7) is 2.27. The van der Waals surface area contributed by atoms with Crippen molar-refractivity contribution in [1.29, 1.82) is 0 Å². The number of aliphatic hydroxyl groups is 1. The third-order valence-electron chi connectivity index (χ3n) is 3.69. The second kappa shape index (κ2) is 9.57. The molecule has 2 heterocycles. The molecule has 0 bridgehead atoms. The Hall–Kier alpha value is -1.54. The molecule has 1 saturated heterocycles. The van der Waals surface area contributed by atoms with Gasteiger partial charge in [-0.25, -0.2) is 0 Å². The molecule has 1 aliphatic heterocycles. The Morgan fingerprint density at radius 1 is 1.52 bits per heavy atom. The molecule has 0 aliphatic carbocycles. The standard InChI is InChI=1S/C16H25N3O4/c1-19(10-13-2-5-17-6-3-13)11-16(21)18-14-4-8-22-12-15(14)23-9-7-20/h2-3,5-6,14-15,20H,4,7-12H2,1H3,(H,18,21)/t14-,15-/m1/s1. The first-order valence-electron chi connectivity index (χ1n) is 7.86. The van der Waals surface area contributed by atoms with Crippen LogP contribution in [0.3, 0.4) is 0 Å². The molecule has 0 aromatic carbocycles. The summed E-state index contributed by atoms with van der Waals surface area (Å²) in [7, 11) is 1.91. The number of rotatable bonds is 8. The van der Waals surface area contributed by atoms with Crippen molar-refractivity contribution in [3.8, 4) is 0 Å². The molecule has 1 aromatic rings. The maximum absolute atomic E-state index is 12.2. The van der Waals surface area contributed by atoms with Gasteiger partial charge in [-0.3, -0.25) is 14.7 Å². The van der Waals surface area contributed by atoms with E-state index in [0.29, 0.717) is 26.3 Å². The number of aromatic nitrogens is 1. The van der Waals surface area contributed by atoms with Crippen molar-refractivity contribution < 1.29 is 19.4 Å². The van der Waals surface area contributed by atoms with Crippen LogP contribution in [0, 0.1) is 0 Å². The number of pyridine rings is 1. The molecular weight excluding hydrogens is 298 g/mol. The van der Waals surface area contributed by atoms with E-state index in [-0.39, 0.29) is 31.3 Å². The molecule has 1 aliphatic rings. The van der Waals surface area contributed by atoms with Gasteiger partial charge in [0.1, 0.15) is 6.10 Å². The Kier molecular flexibility index (Phi) is 7.41. The number of amides is 1. The summed E-state index contributed by atoms with van der Waals surface area (Å²) in [5.74, 6) is -0.0361. The number of carbonyl (C=O) groups excluding carboxylic acids is 1. The lowest BCUT2D eigenvalue weighted by Crippen LogP contribution is -2.52. The normalized spacial score (nSPS) is 21.3. The van der Waals surface area contributed by atoms with Crippen LogP contribution in [0.15, 0.2) is 24.5 Å². The van der Waals surface area contributed by atoms with Crippen molar-refractivity contribution >= 4 is 5.91 Å². The van der Waals surface area contributed by atoms with E-state index in [9.17, 15) is 4.79 Å². The van der Waals surface area contributed by atoms with Crippen LogP contribution in [0.5, 0.6) is 0 Å². The molecule has 2 N–H and O–H groups in total. The number of carbonyl (C=O) groups is 1. The van der Waals surface area contributed by atoms with Crippen molar-refractivity contribution in [2.75, 3.05) is 40.0 Å². The van der Waals surface area contributed by atoms with Crippen LogP contribution in [-0.4, -0.2) is 73.1 Å². The van der Waals surface area contributed by atoms with Crippen molar-refractivity contribution in [3.05, 3.63) is 30.1 Å². The van der Waals surface area contributed by atoms with Crippen LogP contribution in [0.25, 0.3) is 0 Å². The molecule has 0 radical (unpaired) electrons. The molecule has 1 fully saturated rings. The molecule has 7 heteroatoms. The first-order valence-corrected chi connectivity index (χ1v) is 7.86. The average Bonchev–Trinajstić information content (AvgIpc) is 2.54. The van der Waals surface area contributed by atoms with Gasteiger partial charge in [0.05, 0.1) is 32.4 Å². The van der Waals surface area contributed by atoms with Gasteiger partial charge in [-0.1, -0.05) is 0 Å². The van der Waals surface area contributed by atoms with Gasteiger partial charge < -0.3 is 19.9 Å². The van der Waals surface area contributed by atoms with Crippen molar-refractivity contribution in [1.82, 2.24) is 15.2 Å². The number of nitrogens with one attached hydrogen (secondary N) is 1. The van der Waals surface area contributed by atoms with Gasteiger partial charge in [0.2, 0.25) is 5.91 Å². The Morgan fingerprint density at radius 3 is 3.04 bits per heavy atom. The quantitative estimate of drug-likeness (QED) is 0.689. The highest BCUT2D eigenvalue weighted by molar-refractivity contribution is 5.78. The summed E-state index contributed by atoms with van der Waals surface area (Å²) in [6.07, 6.45) is 4.00. The highest BCUT2D eigenvalue weighted by Crippen LogP contribution is 2.11. The number of ether oxygens (including phenoxy) is 2. The zero-order valence-corrected chi connectivity index (χ0v) is 13.5. The summed E-state index contributed by atoms with van der Waals surface area (Å²) >= 11 is 0. The van der Waals surface area contributed by atoms with Crippen LogP contribution in [0.2, 0.25) is 0 Å². The molecule has 2 rings (SSSR count). The largest absolute Gasteiger partial charge is 0.394 e. The fraction of sp³-hybridized carbons (Fsp3) is 0.625. The maximum Gasteiger partial charge on any atom is 0.234 e. The molecule has 23 heavy (non-hydrogen) atoms. The molecule has 7 nitrogen and oxygen atoms in total. The second-order valence-corrected chi connectivity index (χ2v) is 5.70. The van der Waals surface area contributed by atoms with Crippen molar-refractivity contribution in [3.63, 3.8) is 0 Å². The monoisotopic (exact) mass is 323 g/mol. The van der Waals surface area contributed by atoms with E-state index in [1.807, 2.05) is 24.1 Å². The Morgan fingerprint density at radius 2 is 2.30 bits per heavy atom. The molecule has 0 unspecified atom stereocenters. The second-order valence-electron chi connectivity index (χ2n) is 5.70. The van der Waals surface area contributed by atoms with E-state index in [0.717, 1.165) is 12.0 Å². The Bertz CT molecular complexity index is 472. The molecule has 128 valence electrons. The number of hydrogen-bond acceptors (Lipinski definition) is 6. The minimum atomic E-state index is -0.203. The maximum atomic E-state index is 12.2. The van der Waals surface area contributed by atoms with E-state index in [2.05, 4.69) is 10.3 Å². The third kappa shape index (κ3) is 6.23. The molecule has 0 saturated carbocycles. The molecule has 1 aromatic heterocycles. The summed E-state index contributed by atoms with van der Waals surface area (Å²) < 4.78 is 10.9. The predicted molar refractivity (Wildman–Crippen MR) is 84.8 cm³/mol. The number of likely N-dealkylation sites (N-methyl/N-ethyl adjacent to an activating group) is 1. The van der Waals surface area contributed by atoms with E-state index in [1.165, 1.54) is 0 Å². The van der Waals surface area contributed by atoms with Gasteiger partial charge in [-0.2, -0.15) is 0 Å². The molecule has 0 spiro atoms. The summed E-state index contributed by atoms with van der Waals surface area (Å²) in [4.78, 5) is 18.2. The van der Waals surface area contributed by atoms with Crippen LogP contribution < -0.4 is 5.32 Å². The Labute approximate surface area is 136 Å². The van der Waals surface area contributed by atoms with Crippen molar-refractivity contribution in [2.24, 2.45) is 0 Å². The molecule has 1 amide bonds. The average molecular weight is 323 g/mol. The van der Waals surface area contributed by atoms with Crippen molar-refractivity contribution in [2.45, 2.75) is 25.1 Å². The summed E-state index contributed by atoms with van der Waals surface area (Å²) in [5, 5.41) is 11.9. The minimum Gasteiger partial charge on any atom is -0.394 e. The SMILES string of the molecule is CN(CC(=O)N[C@@H]1CCOC[C@H]1OCCO)Cc1ccncc1. The number of aliphatic hydroxyl groups excluding tert-OH is 1. The van der Waals surface area contributed by atoms with Crippen LogP contribution in [0.1, 0.15) is 12.0 Å². The smallest absolute Gasteiger partial charge is 0.234 e. The summed E-state index contributed by atoms with van der Waals surface area (Å²) in [5.41, 5.74) is 1.12. The number of hydrogen-bond donors (Lipinski definition) is 2. The lowest BCUT2D eigenvalue weighted by atomic mass is 10.1. The van der Waals surface area contributed by atoms with E-state index < -0.39 is 0 Å². The zero-order chi connectivity index (χ0) is 16.5. The fourth-order valence-corrected chi connectivity index (χ4v) is 2.60. The summed E-state index contributed by atoms with van der Waals surface area (Å²) in [6, 6.07) is 3.80. The lowest BCUT2D eigenvalue weighted by molar-refractivity contribution is -0.127. The molecular formula is C16H25N3O4. The molecule has 2 atom stereocenters. The van der Waals surface area contributed by atoms with Gasteiger partial charge in [-0.05, 0) is 31.2 Å². The van der Waals surface area contributed by atoms with Gasteiger partial charge in [-0.15, -0.1) is 0 Å². The zero-order valence-electron chi connectivity index (χ0n) is 13.5. The first kappa shape index (κ1) is 17.8. The van der Waals surface area contributed by atoms with Gasteiger partial charge in [0.15, 0.2) is 0 Å². The van der Waals surface area contributed by atoms with Crippen LogP contribution >= 0.6 is 0 Å². The third-order valence-corrected chi connectivity index (χ3v) is 3.69. The fourth-order valence-electron chi connectivity index (χ4n) is 2.60. The minimum absolute atomic E-state index is 0.0359. The van der Waals surface area contributed by atoms with E-state index in [4.69, 9.17) is 14.6 Å². The lowest BCUT2D eigenvalue weighted by Gasteiger charge is -2.32. The first-order chi connectivity index (χ1) is 11.2. The van der Waals surface area contributed by atoms with Crippen LogP contribution in [-0.2, 0) is 20.8 Å². The van der Waals surface area contributed by atoms with Gasteiger partial charge in [0.25, 0.3) is 0 Å². The van der Waals surface area contributed by atoms with Gasteiger partial charge >= 0.3 is 0 Å². The highest BCUT2D eigenvalue weighted by atomic mass is 16.5. The predicted octanol–water partition coefficient (Wildman–Crippen LogP) is -0.204. The number of nitrogens with zero attached hydrogens (tertiary/aromatic N) is 2. The van der Waals surface area contributed by atoms with Crippen LogP contribution in [0.4, 0.5) is 0 Å². The van der Waals surface area contributed by atoms with Gasteiger partial charge in [0, 0.05) is 25.5 Å².